The van der Waals surface area contributed by atoms with Crippen LogP contribution in [0.2, 0.25) is 0 Å². The van der Waals surface area contributed by atoms with Crippen molar-refractivity contribution < 1.29 is 38.2 Å². The quantitative estimate of drug-likeness (QED) is 0.219. The van der Waals surface area contributed by atoms with E-state index in [9.17, 15) is 28.8 Å². The summed E-state index contributed by atoms with van der Waals surface area (Å²) in [6, 6.07) is 6.17. The molecule has 0 bridgehead atoms. The van der Waals surface area contributed by atoms with Gasteiger partial charge in [0, 0.05) is 37.5 Å². The Kier molecular flexibility index (Phi) is 13.7. The van der Waals surface area contributed by atoms with Gasteiger partial charge in [-0.05, 0) is 64.9 Å². The Bertz CT molecular complexity index is 1360. The number of carbonyl (C=O) groups is 6. The normalized spacial score (nSPS) is 19.8. The van der Waals surface area contributed by atoms with Crippen LogP contribution in [0.15, 0.2) is 42.0 Å². The molecule has 0 radical (unpaired) electrons. The smallest absolute Gasteiger partial charge is 0.408 e. The maximum Gasteiger partial charge on any atom is 0.408 e. The average Bonchev–Trinajstić information content (AvgIpc) is 3.57. The molecule has 13 nitrogen and oxygen atoms in total. The fourth-order valence-electron chi connectivity index (χ4n) is 5.82. The Morgan fingerprint density at radius 3 is 2.27 bits per heavy atom. The summed E-state index contributed by atoms with van der Waals surface area (Å²) in [6.07, 6.45) is 1.41. The summed E-state index contributed by atoms with van der Waals surface area (Å²) in [6.45, 7) is 13.0. The molecule has 1 aromatic carbocycles. The van der Waals surface area contributed by atoms with Crippen LogP contribution in [0.1, 0.15) is 79.7 Å². The molecule has 0 spiro atoms. The molecule has 13 heteroatoms. The lowest BCUT2D eigenvalue weighted by molar-refractivity contribution is -0.139. The minimum absolute atomic E-state index is 0.00348. The molecule has 264 valence electrons. The number of nitrogens with one attached hydrogen (secondary N) is 4. The molecule has 0 saturated carbocycles. The zero-order valence-electron chi connectivity index (χ0n) is 29.1. The van der Waals surface area contributed by atoms with E-state index in [4.69, 9.17) is 9.47 Å². The molecular formula is C35H51N5O8. The molecule has 1 unspecified atom stereocenters. The van der Waals surface area contributed by atoms with E-state index in [0.717, 1.165) is 10.5 Å². The molecule has 2 heterocycles. The van der Waals surface area contributed by atoms with Gasteiger partial charge in [0.2, 0.25) is 23.6 Å². The van der Waals surface area contributed by atoms with Gasteiger partial charge in [-0.2, -0.15) is 0 Å². The van der Waals surface area contributed by atoms with Crippen LogP contribution in [-0.2, 0) is 40.1 Å². The van der Waals surface area contributed by atoms with Crippen LogP contribution in [0, 0.1) is 11.8 Å². The summed E-state index contributed by atoms with van der Waals surface area (Å²) in [4.78, 5) is 78.9. The van der Waals surface area contributed by atoms with Gasteiger partial charge in [-0.25, -0.2) is 4.79 Å². The lowest BCUT2D eigenvalue weighted by atomic mass is 9.95. The van der Waals surface area contributed by atoms with Gasteiger partial charge in [0.1, 0.15) is 18.7 Å². The fraction of sp³-hybridized carbons (Fsp3) is 0.600. The van der Waals surface area contributed by atoms with Gasteiger partial charge < -0.3 is 30.7 Å². The van der Waals surface area contributed by atoms with Crippen molar-refractivity contribution in [3.8, 4) is 0 Å². The molecular weight excluding hydrogens is 618 g/mol. The minimum Gasteiger partial charge on any atom is -0.445 e. The van der Waals surface area contributed by atoms with Gasteiger partial charge in [-0.1, -0.05) is 50.3 Å². The molecule has 2 saturated heterocycles. The molecule has 3 rings (SSSR count). The second kappa shape index (κ2) is 17.2. The maximum atomic E-state index is 13.9. The van der Waals surface area contributed by atoms with Crippen LogP contribution in [-0.4, -0.2) is 83.4 Å². The molecule has 2 fully saturated rings. The van der Waals surface area contributed by atoms with E-state index >= 15 is 0 Å². The third-order valence-corrected chi connectivity index (χ3v) is 8.05. The number of nitrogens with zero attached hydrogens (tertiary/aromatic N) is 1. The van der Waals surface area contributed by atoms with Crippen LogP contribution < -0.4 is 21.3 Å². The van der Waals surface area contributed by atoms with Crippen molar-refractivity contribution in [2.24, 2.45) is 11.8 Å². The van der Waals surface area contributed by atoms with Gasteiger partial charge in [-0.15, -0.1) is 0 Å². The fourth-order valence-corrected chi connectivity index (χ4v) is 5.82. The number of likely N-dealkylation sites (tertiary alicyclic amines) is 1. The highest BCUT2D eigenvalue weighted by Gasteiger charge is 2.36. The zero-order valence-corrected chi connectivity index (χ0v) is 29.1. The SMILES string of the molecule is CC(=O)N1CCC(=C[C@H](C[C@@H]2CCNC2=O)NC(=O)[C@H](CC(C)C)NC(=O)[C@@H](NC(=O)OCc2ccccc2)C(C)OC(C)(C)C)C1=O. The molecule has 0 aliphatic carbocycles. The number of rotatable bonds is 14. The van der Waals surface area contributed by atoms with E-state index in [0.29, 0.717) is 25.0 Å². The van der Waals surface area contributed by atoms with Crippen LogP contribution in [0.3, 0.4) is 0 Å². The zero-order chi connectivity index (χ0) is 35.6. The van der Waals surface area contributed by atoms with Crippen molar-refractivity contribution in [3.63, 3.8) is 0 Å². The predicted molar refractivity (Wildman–Crippen MR) is 178 cm³/mol. The number of hydrogen-bond donors (Lipinski definition) is 4. The Hall–Kier alpha value is -4.26. The highest BCUT2D eigenvalue weighted by Crippen LogP contribution is 2.23. The average molecular weight is 670 g/mol. The van der Waals surface area contributed by atoms with Crippen molar-refractivity contribution in [1.82, 2.24) is 26.2 Å². The van der Waals surface area contributed by atoms with E-state index in [1.165, 1.54) is 6.92 Å². The lowest BCUT2D eigenvalue weighted by Crippen LogP contribution is -2.59. The van der Waals surface area contributed by atoms with Crippen molar-refractivity contribution in [3.05, 3.63) is 47.5 Å². The van der Waals surface area contributed by atoms with E-state index < -0.39 is 53.6 Å². The molecule has 4 N–H and O–H groups in total. The van der Waals surface area contributed by atoms with E-state index in [2.05, 4.69) is 21.3 Å². The standard InChI is InChI=1S/C35H51N5O8/c1-21(2)17-28(31(43)37-27(18-25-13-15-36-30(25)42)19-26-14-16-40(23(4)41)33(26)45)38-32(44)29(22(3)48-35(5,6)7)39-34(46)47-20-24-11-9-8-10-12-24/h8-12,19,21-22,25,27-29H,13-18,20H2,1-7H3,(H,36,42)(H,37,43)(H,38,44)(H,39,46)/t22?,25-,27-,28-,29-/m0/s1. The summed E-state index contributed by atoms with van der Waals surface area (Å²) in [5, 5.41) is 11.2. The summed E-state index contributed by atoms with van der Waals surface area (Å²) in [5.41, 5.74) is 0.504. The number of amides is 6. The van der Waals surface area contributed by atoms with Gasteiger partial charge in [0.15, 0.2) is 0 Å². The van der Waals surface area contributed by atoms with Crippen LogP contribution in [0.25, 0.3) is 0 Å². The highest BCUT2D eigenvalue weighted by atomic mass is 16.6. The number of carbonyl (C=O) groups excluding carboxylic acids is 6. The maximum absolute atomic E-state index is 13.9. The first-order chi connectivity index (χ1) is 22.5. The predicted octanol–water partition coefficient (Wildman–Crippen LogP) is 2.73. The number of imide groups is 1. The Balaban J connectivity index is 1.81. The van der Waals surface area contributed by atoms with Crippen LogP contribution >= 0.6 is 0 Å². The summed E-state index contributed by atoms with van der Waals surface area (Å²) >= 11 is 0. The number of alkyl carbamates (subject to hydrolysis) is 1. The number of benzene rings is 1. The topological polar surface area (TPSA) is 172 Å². The minimum atomic E-state index is -1.20. The molecule has 2 aliphatic rings. The van der Waals surface area contributed by atoms with Crippen molar-refractivity contribution in [1.29, 1.82) is 0 Å². The summed E-state index contributed by atoms with van der Waals surface area (Å²) in [5.74, 6) is -2.47. The largest absolute Gasteiger partial charge is 0.445 e. The monoisotopic (exact) mass is 669 g/mol. The molecule has 0 aromatic heterocycles. The van der Waals surface area contributed by atoms with Gasteiger partial charge in [-0.3, -0.25) is 28.9 Å². The lowest BCUT2D eigenvalue weighted by Gasteiger charge is -2.32. The Labute approximate surface area is 282 Å². The van der Waals surface area contributed by atoms with Gasteiger partial charge >= 0.3 is 6.09 Å². The molecule has 6 amide bonds. The molecule has 48 heavy (non-hydrogen) atoms. The number of hydrogen-bond acceptors (Lipinski definition) is 8. The second-order valence-corrected chi connectivity index (χ2v) is 13.9. The Morgan fingerprint density at radius 1 is 1.02 bits per heavy atom. The first kappa shape index (κ1) is 38.2. The van der Waals surface area contributed by atoms with E-state index in [-0.39, 0.29) is 49.6 Å². The van der Waals surface area contributed by atoms with Crippen LogP contribution in [0.5, 0.6) is 0 Å². The summed E-state index contributed by atoms with van der Waals surface area (Å²) in [7, 11) is 0. The number of ether oxygens (including phenoxy) is 2. The first-order valence-corrected chi connectivity index (χ1v) is 16.6. The highest BCUT2D eigenvalue weighted by molar-refractivity contribution is 6.05. The molecule has 5 atom stereocenters. The first-order valence-electron chi connectivity index (χ1n) is 16.6. The van der Waals surface area contributed by atoms with Gasteiger partial charge in [0.05, 0.1) is 11.7 Å². The van der Waals surface area contributed by atoms with Gasteiger partial charge in [0.25, 0.3) is 5.91 Å². The van der Waals surface area contributed by atoms with Crippen molar-refractivity contribution in [2.75, 3.05) is 13.1 Å². The summed E-state index contributed by atoms with van der Waals surface area (Å²) < 4.78 is 11.4. The van der Waals surface area contributed by atoms with E-state index in [1.807, 2.05) is 65.0 Å². The van der Waals surface area contributed by atoms with Crippen LogP contribution in [0.4, 0.5) is 4.79 Å². The van der Waals surface area contributed by atoms with Crippen molar-refractivity contribution >= 4 is 35.6 Å². The van der Waals surface area contributed by atoms with E-state index in [1.54, 1.807) is 13.0 Å². The third-order valence-electron chi connectivity index (χ3n) is 8.05. The van der Waals surface area contributed by atoms with Crippen molar-refractivity contribution in [2.45, 2.75) is 111 Å². The Morgan fingerprint density at radius 2 is 1.71 bits per heavy atom. The molecule has 2 aliphatic heterocycles. The second-order valence-electron chi connectivity index (χ2n) is 13.9. The third kappa shape index (κ3) is 11.8. The molecule has 1 aromatic rings.